The first-order valence-corrected chi connectivity index (χ1v) is 5.27. The lowest BCUT2D eigenvalue weighted by Gasteiger charge is -1.99. The van der Waals surface area contributed by atoms with E-state index < -0.39 is 0 Å². The van der Waals surface area contributed by atoms with Crippen LogP contribution in [0, 0.1) is 5.21 Å². The molecule has 0 saturated heterocycles. The summed E-state index contributed by atoms with van der Waals surface area (Å²) < 4.78 is 5.05. The Kier molecular flexibility index (Phi) is 3.70. The van der Waals surface area contributed by atoms with Crippen LogP contribution in [0.5, 0.6) is 5.75 Å². The normalized spacial score (nSPS) is 10.5. The third-order valence-electron chi connectivity index (χ3n) is 2.18. The molecule has 2 rings (SSSR count). The molecule has 6 nitrogen and oxygen atoms in total. The van der Waals surface area contributed by atoms with Crippen molar-refractivity contribution in [3.8, 4) is 5.75 Å². The zero-order valence-corrected chi connectivity index (χ0v) is 9.78. The van der Waals surface area contributed by atoms with Crippen LogP contribution in [0.2, 0.25) is 0 Å². The number of hydrazone groups is 1. The molecule has 2 aromatic rings. The first kappa shape index (κ1) is 11.8. The molecule has 1 aromatic carbocycles. The zero-order chi connectivity index (χ0) is 12.8. The van der Waals surface area contributed by atoms with Gasteiger partial charge in [0.2, 0.25) is 12.0 Å². The first-order valence-electron chi connectivity index (χ1n) is 5.27. The molecule has 0 unspecified atom stereocenters. The van der Waals surface area contributed by atoms with E-state index in [2.05, 4.69) is 15.6 Å². The Bertz CT molecular complexity index is 540. The van der Waals surface area contributed by atoms with E-state index in [0.717, 1.165) is 11.3 Å². The lowest BCUT2D eigenvalue weighted by atomic mass is 10.2. The maximum atomic E-state index is 10.9. The van der Waals surface area contributed by atoms with E-state index in [0.29, 0.717) is 10.7 Å². The van der Waals surface area contributed by atoms with Crippen molar-refractivity contribution in [2.24, 2.45) is 5.10 Å². The van der Waals surface area contributed by atoms with Gasteiger partial charge in [-0.2, -0.15) is 5.10 Å². The number of benzene rings is 1. The highest BCUT2D eigenvalue weighted by Gasteiger charge is 1.95. The Labute approximate surface area is 104 Å². The molecule has 0 bridgehead atoms. The molecular formula is C12H12N4O2. The van der Waals surface area contributed by atoms with E-state index in [9.17, 15) is 5.21 Å². The predicted octanol–water partition coefficient (Wildman–Crippen LogP) is 1.17. The van der Waals surface area contributed by atoms with Crippen LogP contribution in [-0.2, 0) is 0 Å². The van der Waals surface area contributed by atoms with E-state index in [1.54, 1.807) is 25.5 Å². The van der Waals surface area contributed by atoms with Crippen LogP contribution in [0.1, 0.15) is 5.56 Å². The number of nitrogens with one attached hydrogen (secondary N) is 1. The average Bonchev–Trinajstić information content (AvgIpc) is 2.40. The number of hydrogen-bond acceptors (Lipinski definition) is 5. The van der Waals surface area contributed by atoms with Crippen molar-refractivity contribution >= 4 is 12.0 Å². The van der Waals surface area contributed by atoms with Crippen LogP contribution < -0.4 is 15.0 Å². The molecule has 92 valence electrons. The summed E-state index contributed by atoms with van der Waals surface area (Å²) in [6, 6.07) is 10.7. The third-order valence-corrected chi connectivity index (χ3v) is 2.18. The number of methoxy groups -OCH3 is 1. The van der Waals surface area contributed by atoms with Gasteiger partial charge in [0.05, 0.1) is 13.3 Å². The summed E-state index contributed by atoms with van der Waals surface area (Å²) in [6.45, 7) is 0. The fourth-order valence-corrected chi connectivity index (χ4v) is 1.30. The standard InChI is InChI=1S/C12H12N4O2/c1-18-11-6-4-10(5-7-11)9-13-14-12-3-2-8-16(17)15-12/h2-9H,1H3,(H,14,15)/b13-9+. The summed E-state index contributed by atoms with van der Waals surface area (Å²) in [7, 11) is 1.61. The minimum Gasteiger partial charge on any atom is -0.594 e. The van der Waals surface area contributed by atoms with Gasteiger partial charge in [-0.25, -0.2) is 0 Å². The van der Waals surface area contributed by atoms with Gasteiger partial charge in [-0.05, 0) is 35.9 Å². The fraction of sp³-hybridized carbons (Fsp3) is 0.0833. The molecule has 0 aliphatic heterocycles. The molecule has 0 spiro atoms. The maximum Gasteiger partial charge on any atom is 0.215 e. The van der Waals surface area contributed by atoms with E-state index in [4.69, 9.17) is 4.74 Å². The highest BCUT2D eigenvalue weighted by atomic mass is 16.5. The molecule has 1 aromatic heterocycles. The summed E-state index contributed by atoms with van der Waals surface area (Å²) in [5, 5.41) is 18.5. The van der Waals surface area contributed by atoms with Gasteiger partial charge in [0.1, 0.15) is 5.75 Å². The maximum absolute atomic E-state index is 10.9. The fourth-order valence-electron chi connectivity index (χ4n) is 1.30. The Morgan fingerprint density at radius 3 is 2.78 bits per heavy atom. The minimum absolute atomic E-state index is 0.386. The molecular weight excluding hydrogens is 232 g/mol. The average molecular weight is 244 g/mol. The highest BCUT2D eigenvalue weighted by molar-refractivity contribution is 5.80. The quantitative estimate of drug-likeness (QED) is 0.379. The van der Waals surface area contributed by atoms with Gasteiger partial charge in [0, 0.05) is 11.2 Å². The molecule has 0 aliphatic carbocycles. The summed E-state index contributed by atoms with van der Waals surface area (Å²) in [4.78, 5) is 0.464. The first-order chi connectivity index (χ1) is 8.78. The van der Waals surface area contributed by atoms with E-state index in [-0.39, 0.29) is 0 Å². The number of nitrogens with zero attached hydrogens (tertiary/aromatic N) is 3. The molecule has 1 N–H and O–H groups in total. The number of anilines is 1. The van der Waals surface area contributed by atoms with Gasteiger partial charge < -0.3 is 9.94 Å². The molecule has 18 heavy (non-hydrogen) atoms. The molecule has 0 saturated carbocycles. The Morgan fingerprint density at radius 2 is 2.11 bits per heavy atom. The van der Waals surface area contributed by atoms with Gasteiger partial charge in [-0.3, -0.25) is 5.43 Å². The molecule has 0 fully saturated rings. The number of aromatic nitrogens is 2. The molecule has 0 amide bonds. The summed E-state index contributed by atoms with van der Waals surface area (Å²) in [5.41, 5.74) is 3.58. The molecule has 0 radical (unpaired) electrons. The van der Waals surface area contributed by atoms with Crippen molar-refractivity contribution < 1.29 is 9.58 Å². The predicted molar refractivity (Wildman–Crippen MR) is 67.4 cm³/mol. The summed E-state index contributed by atoms with van der Waals surface area (Å²) in [6.07, 6.45) is 2.93. The SMILES string of the molecule is COc1ccc(/C=N/Nc2ccc[n+]([O-])n2)cc1. The second-order valence-electron chi connectivity index (χ2n) is 3.44. The summed E-state index contributed by atoms with van der Waals surface area (Å²) in [5.74, 6) is 1.18. The van der Waals surface area contributed by atoms with Crippen LogP contribution in [0.4, 0.5) is 5.82 Å². The van der Waals surface area contributed by atoms with Crippen LogP contribution in [0.25, 0.3) is 0 Å². The van der Waals surface area contributed by atoms with E-state index >= 15 is 0 Å². The molecule has 0 atom stereocenters. The van der Waals surface area contributed by atoms with Gasteiger partial charge in [-0.1, -0.05) is 4.85 Å². The zero-order valence-electron chi connectivity index (χ0n) is 9.78. The second-order valence-corrected chi connectivity index (χ2v) is 3.44. The van der Waals surface area contributed by atoms with Crippen molar-refractivity contribution in [2.45, 2.75) is 0 Å². The molecule has 6 heteroatoms. The monoisotopic (exact) mass is 244 g/mol. The Balaban J connectivity index is 1.98. The van der Waals surface area contributed by atoms with E-state index in [1.165, 1.54) is 6.20 Å². The Hall–Kier alpha value is -2.63. The topological polar surface area (TPSA) is 73.5 Å². The van der Waals surface area contributed by atoms with Crippen LogP contribution >= 0.6 is 0 Å². The third kappa shape index (κ3) is 3.18. The summed E-state index contributed by atoms with van der Waals surface area (Å²) >= 11 is 0. The number of hydrogen-bond donors (Lipinski definition) is 1. The minimum atomic E-state index is 0.386. The smallest absolute Gasteiger partial charge is 0.215 e. The van der Waals surface area contributed by atoms with Crippen LogP contribution in [0.15, 0.2) is 47.7 Å². The van der Waals surface area contributed by atoms with Gasteiger partial charge in [-0.15, -0.1) is 0 Å². The van der Waals surface area contributed by atoms with Gasteiger partial charge >= 0.3 is 0 Å². The highest BCUT2D eigenvalue weighted by Crippen LogP contribution is 2.09. The van der Waals surface area contributed by atoms with Gasteiger partial charge in [0.15, 0.2) is 0 Å². The second kappa shape index (κ2) is 5.62. The number of ether oxygens (including phenoxy) is 1. The largest absolute Gasteiger partial charge is 0.594 e. The van der Waals surface area contributed by atoms with Crippen molar-refractivity contribution in [1.29, 1.82) is 0 Å². The van der Waals surface area contributed by atoms with Crippen LogP contribution in [-0.4, -0.2) is 18.4 Å². The molecule has 0 aliphatic rings. The lowest BCUT2D eigenvalue weighted by Crippen LogP contribution is -2.30. The van der Waals surface area contributed by atoms with E-state index in [1.807, 2.05) is 24.3 Å². The number of rotatable bonds is 4. The van der Waals surface area contributed by atoms with Gasteiger partial charge in [0.25, 0.3) is 0 Å². The van der Waals surface area contributed by atoms with Crippen molar-refractivity contribution in [3.05, 3.63) is 53.4 Å². The van der Waals surface area contributed by atoms with Crippen LogP contribution in [0.3, 0.4) is 0 Å². The van der Waals surface area contributed by atoms with Crippen molar-refractivity contribution in [2.75, 3.05) is 12.5 Å². The van der Waals surface area contributed by atoms with Crippen molar-refractivity contribution in [3.63, 3.8) is 0 Å². The molecule has 1 heterocycles. The lowest BCUT2D eigenvalue weighted by molar-refractivity contribution is -0.667. The Morgan fingerprint density at radius 1 is 1.33 bits per heavy atom. The van der Waals surface area contributed by atoms with Crippen molar-refractivity contribution in [1.82, 2.24) is 5.10 Å².